The summed E-state index contributed by atoms with van der Waals surface area (Å²) in [6.07, 6.45) is 1.56. The molecule has 2 bridgehead atoms. The second kappa shape index (κ2) is 12.9. The number of carbonyl (C=O) groups is 2. The fraction of sp³-hybridized carbons (Fsp3) is 0.647. The Morgan fingerprint density at radius 2 is 1.91 bits per heavy atom. The number of likely N-dealkylation sites (N-methyl/N-ethyl adjacent to an activating group) is 1. The van der Waals surface area contributed by atoms with Crippen molar-refractivity contribution in [3.05, 3.63) is 21.9 Å². The average Bonchev–Trinajstić information content (AvgIpc) is 3.68. The van der Waals surface area contributed by atoms with Crippen LogP contribution in [0, 0.1) is 23.1 Å². The second-order valence-corrected chi connectivity index (χ2v) is 15.7. The SMILES string of the molecule is C[C@H](Oc1nc2c(F)c(Br)c(CCC#N)cc2c(N(C(=O)OC(C)(C)C)C2C3CC2N(C(=O)OC(C)(C)C)C3)c1N)[C@@H]1CCCN1C. The minimum absolute atomic E-state index is 0.0140. The zero-order chi connectivity index (χ0) is 34.6. The van der Waals surface area contributed by atoms with Crippen LogP contribution in [0.2, 0.25) is 0 Å². The zero-order valence-electron chi connectivity index (χ0n) is 28.5. The number of nitrogen functional groups attached to an aromatic ring is 1. The van der Waals surface area contributed by atoms with E-state index < -0.39 is 35.2 Å². The van der Waals surface area contributed by atoms with E-state index in [9.17, 15) is 14.9 Å². The molecule has 0 spiro atoms. The van der Waals surface area contributed by atoms with Crippen molar-refractivity contribution >= 4 is 50.4 Å². The Morgan fingerprint density at radius 3 is 2.51 bits per heavy atom. The average molecular weight is 718 g/mol. The van der Waals surface area contributed by atoms with Gasteiger partial charge in [-0.25, -0.2) is 19.0 Å². The molecule has 3 unspecified atom stereocenters. The maximum absolute atomic E-state index is 16.3. The van der Waals surface area contributed by atoms with Crippen molar-refractivity contribution in [2.75, 3.05) is 30.8 Å². The number of amides is 2. The maximum atomic E-state index is 16.3. The summed E-state index contributed by atoms with van der Waals surface area (Å²) in [6.45, 7) is 14.0. The molecule has 1 aromatic heterocycles. The molecule has 0 radical (unpaired) electrons. The first-order chi connectivity index (χ1) is 21.9. The minimum atomic E-state index is -0.867. The number of pyridine rings is 1. The van der Waals surface area contributed by atoms with Crippen LogP contribution >= 0.6 is 15.9 Å². The van der Waals surface area contributed by atoms with Crippen LogP contribution in [0.5, 0.6) is 5.88 Å². The van der Waals surface area contributed by atoms with E-state index in [4.69, 9.17) is 19.9 Å². The van der Waals surface area contributed by atoms with E-state index in [0.29, 0.717) is 18.5 Å². The Kier molecular flexibility index (Phi) is 9.60. The molecule has 2 amide bonds. The first-order valence-electron chi connectivity index (χ1n) is 16.3. The third-order valence-electron chi connectivity index (χ3n) is 9.14. The van der Waals surface area contributed by atoms with Crippen LogP contribution < -0.4 is 15.4 Å². The monoisotopic (exact) mass is 716 g/mol. The molecule has 13 heteroatoms. The number of halogens is 2. The van der Waals surface area contributed by atoms with Gasteiger partial charge in [-0.1, -0.05) is 0 Å². The van der Waals surface area contributed by atoms with Crippen molar-refractivity contribution in [1.29, 1.82) is 5.26 Å². The third kappa shape index (κ3) is 6.95. The van der Waals surface area contributed by atoms with Gasteiger partial charge in [0.05, 0.1) is 28.3 Å². The number of hydrogen-bond acceptors (Lipinski definition) is 9. The van der Waals surface area contributed by atoms with Gasteiger partial charge in [0.2, 0.25) is 5.88 Å². The van der Waals surface area contributed by atoms with Gasteiger partial charge in [0.25, 0.3) is 0 Å². The molecule has 1 aromatic carbocycles. The number of nitrogens with two attached hydrogens (primary N) is 1. The summed E-state index contributed by atoms with van der Waals surface area (Å²) in [5.41, 5.74) is 6.15. The van der Waals surface area contributed by atoms with Crippen LogP contribution in [0.15, 0.2) is 10.5 Å². The highest BCUT2D eigenvalue weighted by atomic mass is 79.9. The van der Waals surface area contributed by atoms with E-state index in [1.54, 1.807) is 31.7 Å². The lowest BCUT2D eigenvalue weighted by molar-refractivity contribution is 0.0216. The van der Waals surface area contributed by atoms with Crippen LogP contribution in [-0.2, 0) is 15.9 Å². The number of rotatable bonds is 7. The van der Waals surface area contributed by atoms with Gasteiger partial charge in [-0.3, -0.25) is 9.80 Å². The van der Waals surface area contributed by atoms with E-state index in [-0.39, 0.29) is 69.6 Å². The van der Waals surface area contributed by atoms with Crippen LogP contribution in [0.3, 0.4) is 0 Å². The fourth-order valence-electron chi connectivity index (χ4n) is 7.05. The lowest BCUT2D eigenvalue weighted by atomic mass is 9.78. The van der Waals surface area contributed by atoms with E-state index in [2.05, 4.69) is 31.9 Å². The fourth-order valence-corrected chi connectivity index (χ4v) is 7.55. The van der Waals surface area contributed by atoms with Gasteiger partial charge in [0.1, 0.15) is 28.5 Å². The quantitative estimate of drug-likeness (QED) is 0.329. The molecule has 6 rings (SSSR count). The standard InChI is InChI=1S/C34H46BrFN6O5/c1-18(22-12-10-14-40(22)8)45-30-26(38)29(21-15-19(11-9-13-37)24(35)25(36)27(21)39-30)42(32(44)47-34(5,6)7)28-20-16-23(28)41(17-20)31(43)46-33(2,3)4/h15,18,20,22-23,28H,9-12,14,16-17,38H2,1-8H3/t18-,20?,22-,23?,28?/m0/s1. The smallest absolute Gasteiger partial charge is 0.415 e. The molecule has 1 aliphatic carbocycles. The Bertz CT molecular complexity index is 1600. The molecule has 4 aliphatic rings. The van der Waals surface area contributed by atoms with Crippen molar-refractivity contribution in [2.24, 2.45) is 5.92 Å². The van der Waals surface area contributed by atoms with E-state index in [1.165, 1.54) is 4.90 Å². The first kappa shape index (κ1) is 35.0. The molecular formula is C34H46BrFN6O5. The minimum Gasteiger partial charge on any atom is -0.471 e. The summed E-state index contributed by atoms with van der Waals surface area (Å²) in [5.74, 6) is -0.736. The van der Waals surface area contributed by atoms with E-state index in [1.807, 2.05) is 34.7 Å². The number of ether oxygens (including phenoxy) is 3. The molecule has 256 valence electrons. The van der Waals surface area contributed by atoms with E-state index in [0.717, 1.165) is 19.4 Å². The van der Waals surface area contributed by atoms with Gasteiger partial charge < -0.3 is 24.8 Å². The topological polar surface area (TPSA) is 134 Å². The number of nitriles is 1. The number of anilines is 2. The number of hydrogen-bond donors (Lipinski definition) is 1. The number of likely N-dealkylation sites (tertiary alicyclic amines) is 1. The number of nitrogens with zero attached hydrogens (tertiary/aromatic N) is 5. The molecule has 47 heavy (non-hydrogen) atoms. The molecule has 2 N–H and O–H groups in total. The molecule has 11 nitrogen and oxygen atoms in total. The van der Waals surface area contributed by atoms with E-state index >= 15 is 4.39 Å². The Hall–Kier alpha value is -3.37. The van der Waals surface area contributed by atoms with Gasteiger partial charge in [-0.2, -0.15) is 5.26 Å². The maximum Gasteiger partial charge on any atom is 0.415 e. The molecular weight excluding hydrogens is 671 g/mol. The molecule has 3 aliphatic heterocycles. The summed E-state index contributed by atoms with van der Waals surface area (Å²) in [6, 6.07) is 3.04. The highest BCUT2D eigenvalue weighted by molar-refractivity contribution is 9.10. The van der Waals surface area contributed by atoms with Crippen molar-refractivity contribution in [1.82, 2.24) is 14.8 Å². The van der Waals surface area contributed by atoms with Gasteiger partial charge >= 0.3 is 12.2 Å². The van der Waals surface area contributed by atoms with Gasteiger partial charge in [0.15, 0.2) is 5.82 Å². The van der Waals surface area contributed by atoms with Crippen LogP contribution in [0.1, 0.15) is 79.7 Å². The molecule has 4 fully saturated rings. The molecule has 3 saturated heterocycles. The number of benzene rings is 1. The lowest BCUT2D eigenvalue weighted by Crippen LogP contribution is -2.59. The van der Waals surface area contributed by atoms with Crippen molar-refractivity contribution < 1.29 is 28.2 Å². The Morgan fingerprint density at radius 1 is 1.23 bits per heavy atom. The zero-order valence-corrected chi connectivity index (χ0v) is 30.1. The summed E-state index contributed by atoms with van der Waals surface area (Å²) < 4.78 is 34.6. The largest absolute Gasteiger partial charge is 0.471 e. The summed E-state index contributed by atoms with van der Waals surface area (Å²) in [7, 11) is 2.03. The highest BCUT2D eigenvalue weighted by Gasteiger charge is 2.59. The van der Waals surface area contributed by atoms with Crippen molar-refractivity contribution in [3.63, 3.8) is 0 Å². The van der Waals surface area contributed by atoms with Gasteiger partial charge in [0, 0.05) is 30.3 Å². The van der Waals surface area contributed by atoms with Crippen molar-refractivity contribution in [3.8, 4) is 11.9 Å². The van der Waals surface area contributed by atoms with Crippen LogP contribution in [0.4, 0.5) is 25.4 Å². The van der Waals surface area contributed by atoms with Crippen molar-refractivity contribution in [2.45, 2.75) is 116 Å². The summed E-state index contributed by atoms with van der Waals surface area (Å²) >= 11 is 3.38. The lowest BCUT2D eigenvalue weighted by Gasteiger charge is -2.44. The number of fused-ring (bicyclic) bond motifs is 2. The normalized spacial score (nSPS) is 23.3. The predicted molar refractivity (Wildman–Crippen MR) is 181 cm³/mol. The highest BCUT2D eigenvalue weighted by Crippen LogP contribution is 2.50. The molecule has 5 atom stereocenters. The van der Waals surface area contributed by atoms with Gasteiger partial charge in [-0.05, 0) is 115 Å². The van der Waals surface area contributed by atoms with Crippen LogP contribution in [0.25, 0.3) is 10.9 Å². The Labute approximate surface area is 284 Å². The predicted octanol–water partition coefficient (Wildman–Crippen LogP) is 6.79. The first-order valence-corrected chi connectivity index (χ1v) is 17.1. The second-order valence-electron chi connectivity index (χ2n) is 14.9. The third-order valence-corrected chi connectivity index (χ3v) is 10.0. The Balaban J connectivity index is 1.69. The molecule has 4 heterocycles. The van der Waals surface area contributed by atoms with Crippen LogP contribution in [-0.4, -0.2) is 82.5 Å². The summed E-state index contributed by atoms with van der Waals surface area (Å²) in [5, 5.41) is 9.58. The molecule has 2 aromatic rings. The number of aromatic nitrogens is 1. The van der Waals surface area contributed by atoms with Gasteiger partial charge in [-0.15, -0.1) is 0 Å². The summed E-state index contributed by atoms with van der Waals surface area (Å²) in [4.78, 5) is 37.5. The number of aryl methyl sites for hydroxylation is 1. The number of carbonyl (C=O) groups excluding carboxylic acids is 2. The molecule has 1 saturated carbocycles.